The van der Waals surface area contributed by atoms with Gasteiger partial charge < -0.3 is 19.2 Å². The molecule has 2 aromatic carbocycles. The SMILES string of the molecule is COc1cc(/C=N/Nc2nc3ccccc3[nH]2)ccc1OC(=O)OC(C)(C)C. The summed E-state index contributed by atoms with van der Waals surface area (Å²) in [7, 11) is 1.49. The summed E-state index contributed by atoms with van der Waals surface area (Å²) in [6, 6.07) is 12.8. The molecule has 0 unspecified atom stereocenters. The number of para-hydroxylation sites is 2. The number of carbonyl (C=O) groups is 1. The lowest BCUT2D eigenvalue weighted by atomic mass is 10.2. The first-order chi connectivity index (χ1) is 13.3. The molecule has 0 aliphatic heterocycles. The zero-order valence-electron chi connectivity index (χ0n) is 16.1. The minimum atomic E-state index is -0.793. The molecule has 0 saturated heterocycles. The van der Waals surface area contributed by atoms with E-state index in [2.05, 4.69) is 20.5 Å². The molecular weight excluding hydrogens is 360 g/mol. The van der Waals surface area contributed by atoms with Crippen LogP contribution in [0.3, 0.4) is 0 Å². The number of benzene rings is 2. The number of carbonyl (C=O) groups excluding carboxylic acids is 1. The van der Waals surface area contributed by atoms with Crippen LogP contribution in [0.15, 0.2) is 47.6 Å². The van der Waals surface area contributed by atoms with Gasteiger partial charge in [0.05, 0.1) is 24.4 Å². The first-order valence-electron chi connectivity index (χ1n) is 8.67. The van der Waals surface area contributed by atoms with Gasteiger partial charge in [0.25, 0.3) is 0 Å². The number of rotatable bonds is 5. The second-order valence-corrected chi connectivity index (χ2v) is 6.95. The van der Waals surface area contributed by atoms with E-state index in [4.69, 9.17) is 14.2 Å². The summed E-state index contributed by atoms with van der Waals surface area (Å²) < 4.78 is 15.6. The first-order valence-corrected chi connectivity index (χ1v) is 8.67. The molecule has 0 fully saturated rings. The summed E-state index contributed by atoms with van der Waals surface area (Å²) in [5.74, 6) is 1.19. The minimum absolute atomic E-state index is 0.263. The Balaban J connectivity index is 1.67. The summed E-state index contributed by atoms with van der Waals surface area (Å²) in [5, 5.41) is 4.16. The molecule has 1 aromatic heterocycles. The van der Waals surface area contributed by atoms with Crippen LogP contribution in [0.1, 0.15) is 26.3 Å². The van der Waals surface area contributed by atoms with Crippen LogP contribution in [-0.4, -0.2) is 35.0 Å². The summed E-state index contributed by atoms with van der Waals surface area (Å²) >= 11 is 0. The molecule has 0 aliphatic rings. The zero-order valence-corrected chi connectivity index (χ0v) is 16.1. The molecule has 0 saturated carbocycles. The molecule has 0 spiro atoms. The van der Waals surface area contributed by atoms with Crippen LogP contribution >= 0.6 is 0 Å². The Morgan fingerprint density at radius 3 is 2.68 bits per heavy atom. The molecule has 28 heavy (non-hydrogen) atoms. The third-order valence-electron chi connectivity index (χ3n) is 3.54. The molecule has 0 radical (unpaired) electrons. The van der Waals surface area contributed by atoms with Gasteiger partial charge in [-0.05, 0) is 56.7 Å². The maximum absolute atomic E-state index is 11.8. The normalized spacial score (nSPS) is 11.6. The third-order valence-corrected chi connectivity index (χ3v) is 3.54. The van der Waals surface area contributed by atoms with Crippen LogP contribution in [0.5, 0.6) is 11.5 Å². The number of aromatic nitrogens is 2. The quantitative estimate of drug-likeness (QED) is 0.295. The van der Waals surface area contributed by atoms with Gasteiger partial charge in [-0.1, -0.05) is 12.1 Å². The Bertz CT molecular complexity index is 972. The fourth-order valence-corrected chi connectivity index (χ4v) is 2.38. The number of hydrogen-bond acceptors (Lipinski definition) is 7. The number of anilines is 1. The standard InChI is InChI=1S/C20H22N4O4/c1-20(2,3)28-19(25)27-16-10-9-13(11-17(16)26-4)12-21-24-18-22-14-7-5-6-8-15(14)23-18/h5-12H,1-4H3,(H2,22,23,24)/b21-12+. The predicted octanol–water partition coefficient (Wildman–Crippen LogP) is 4.33. The van der Waals surface area contributed by atoms with Crippen molar-refractivity contribution in [3.8, 4) is 11.5 Å². The van der Waals surface area contributed by atoms with Crippen molar-refractivity contribution < 1.29 is 19.0 Å². The fraction of sp³-hybridized carbons (Fsp3) is 0.250. The van der Waals surface area contributed by atoms with Crippen molar-refractivity contribution in [1.29, 1.82) is 0 Å². The van der Waals surface area contributed by atoms with Gasteiger partial charge in [0.15, 0.2) is 11.5 Å². The average Bonchev–Trinajstić information content (AvgIpc) is 3.04. The smallest absolute Gasteiger partial charge is 0.493 e. The van der Waals surface area contributed by atoms with E-state index in [1.165, 1.54) is 7.11 Å². The number of hydrogen-bond donors (Lipinski definition) is 2. The summed E-state index contributed by atoms with van der Waals surface area (Å²) in [6.07, 6.45) is 0.811. The van der Waals surface area contributed by atoms with Crippen molar-refractivity contribution in [3.63, 3.8) is 0 Å². The zero-order chi connectivity index (χ0) is 20.1. The van der Waals surface area contributed by atoms with Crippen LogP contribution in [-0.2, 0) is 4.74 Å². The van der Waals surface area contributed by atoms with Gasteiger partial charge in [-0.3, -0.25) is 0 Å². The molecule has 8 nitrogen and oxygen atoms in total. The molecule has 3 rings (SSSR count). The number of hydrazone groups is 1. The number of imidazole rings is 1. The third kappa shape index (κ3) is 5.00. The average molecular weight is 382 g/mol. The lowest BCUT2D eigenvalue weighted by Crippen LogP contribution is -2.26. The van der Waals surface area contributed by atoms with Crippen LogP contribution < -0.4 is 14.9 Å². The molecule has 0 amide bonds. The van der Waals surface area contributed by atoms with Gasteiger partial charge in [0, 0.05) is 0 Å². The number of H-pyrrole nitrogens is 1. The van der Waals surface area contributed by atoms with Crippen molar-refractivity contribution in [2.75, 3.05) is 12.5 Å². The molecule has 1 heterocycles. The van der Waals surface area contributed by atoms with Gasteiger partial charge >= 0.3 is 6.16 Å². The van der Waals surface area contributed by atoms with Crippen LogP contribution in [0.25, 0.3) is 11.0 Å². The molecule has 0 bridgehead atoms. The summed E-state index contributed by atoms with van der Waals surface area (Å²) in [6.45, 7) is 5.29. The summed E-state index contributed by atoms with van der Waals surface area (Å²) in [4.78, 5) is 19.3. The van der Waals surface area contributed by atoms with Gasteiger partial charge in [-0.2, -0.15) is 5.10 Å². The minimum Gasteiger partial charge on any atom is -0.493 e. The Morgan fingerprint density at radius 1 is 1.18 bits per heavy atom. The largest absolute Gasteiger partial charge is 0.514 e. The van der Waals surface area contributed by atoms with Crippen LogP contribution in [0.4, 0.5) is 10.7 Å². The fourth-order valence-electron chi connectivity index (χ4n) is 2.38. The number of nitrogens with zero attached hydrogens (tertiary/aromatic N) is 2. The molecule has 0 atom stereocenters. The number of nitrogens with one attached hydrogen (secondary N) is 2. The second-order valence-electron chi connectivity index (χ2n) is 6.95. The van der Waals surface area contributed by atoms with Crippen molar-refractivity contribution >= 4 is 29.4 Å². The van der Waals surface area contributed by atoms with Gasteiger partial charge in [0.1, 0.15) is 5.60 Å². The lowest BCUT2D eigenvalue weighted by molar-refractivity contribution is 0.0201. The molecule has 2 N–H and O–H groups in total. The van der Waals surface area contributed by atoms with E-state index in [1.807, 2.05) is 24.3 Å². The van der Waals surface area contributed by atoms with E-state index in [-0.39, 0.29) is 5.75 Å². The van der Waals surface area contributed by atoms with E-state index in [9.17, 15) is 4.79 Å². The van der Waals surface area contributed by atoms with Crippen LogP contribution in [0.2, 0.25) is 0 Å². The van der Waals surface area contributed by atoms with Crippen molar-refractivity contribution in [1.82, 2.24) is 9.97 Å². The van der Waals surface area contributed by atoms with E-state index >= 15 is 0 Å². The number of aromatic amines is 1. The van der Waals surface area contributed by atoms with E-state index in [0.29, 0.717) is 11.7 Å². The summed E-state index contributed by atoms with van der Waals surface area (Å²) in [5.41, 5.74) is 4.73. The van der Waals surface area contributed by atoms with Crippen molar-refractivity contribution in [2.24, 2.45) is 5.10 Å². The maximum atomic E-state index is 11.8. The van der Waals surface area contributed by atoms with Gasteiger partial charge in [-0.15, -0.1) is 0 Å². The van der Waals surface area contributed by atoms with Crippen molar-refractivity contribution in [2.45, 2.75) is 26.4 Å². The molecule has 146 valence electrons. The Labute approximate surface area is 162 Å². The maximum Gasteiger partial charge on any atom is 0.514 e. The second kappa shape index (κ2) is 7.99. The molecular formula is C20H22N4O4. The van der Waals surface area contributed by atoms with E-state index in [1.54, 1.807) is 45.2 Å². The highest BCUT2D eigenvalue weighted by molar-refractivity contribution is 5.82. The van der Waals surface area contributed by atoms with Crippen molar-refractivity contribution in [3.05, 3.63) is 48.0 Å². The number of methoxy groups -OCH3 is 1. The molecule has 8 heteroatoms. The van der Waals surface area contributed by atoms with Gasteiger partial charge in [0.2, 0.25) is 5.95 Å². The molecule has 3 aromatic rings. The highest BCUT2D eigenvalue weighted by Crippen LogP contribution is 2.28. The first kappa shape index (κ1) is 19.2. The van der Waals surface area contributed by atoms with E-state index < -0.39 is 11.8 Å². The van der Waals surface area contributed by atoms with E-state index in [0.717, 1.165) is 16.6 Å². The van der Waals surface area contributed by atoms with Gasteiger partial charge in [-0.25, -0.2) is 15.2 Å². The Kier molecular flexibility index (Phi) is 5.49. The number of fused-ring (bicyclic) bond motifs is 1. The monoisotopic (exact) mass is 382 g/mol. The topological polar surface area (TPSA) is 97.8 Å². The van der Waals surface area contributed by atoms with Crippen LogP contribution in [0, 0.1) is 0 Å². The Morgan fingerprint density at radius 2 is 1.96 bits per heavy atom. The Hall–Kier alpha value is -3.55. The molecule has 0 aliphatic carbocycles. The highest BCUT2D eigenvalue weighted by Gasteiger charge is 2.19. The number of ether oxygens (including phenoxy) is 3. The highest BCUT2D eigenvalue weighted by atomic mass is 16.7. The lowest BCUT2D eigenvalue weighted by Gasteiger charge is -2.19. The predicted molar refractivity (Wildman–Crippen MR) is 107 cm³/mol.